The summed E-state index contributed by atoms with van der Waals surface area (Å²) in [5.74, 6) is -1.47. The molecule has 18 heavy (non-hydrogen) atoms. The van der Waals surface area contributed by atoms with Crippen LogP contribution in [0.15, 0.2) is 18.2 Å². The van der Waals surface area contributed by atoms with E-state index in [0.29, 0.717) is 12.0 Å². The van der Waals surface area contributed by atoms with Crippen molar-refractivity contribution in [1.82, 2.24) is 0 Å². The number of halogens is 2. The van der Waals surface area contributed by atoms with E-state index in [4.69, 9.17) is 22.4 Å². The van der Waals surface area contributed by atoms with Crippen LogP contribution in [0.4, 0.5) is 4.39 Å². The molecule has 0 aromatic heterocycles. The number of carboxylic acid groups (broad SMARTS) is 1. The Bertz CT molecular complexity index is 453. The molecular formula is C13H17ClFNO2. The maximum atomic E-state index is 13.2. The van der Waals surface area contributed by atoms with Crippen molar-refractivity contribution in [3.8, 4) is 0 Å². The molecule has 0 aliphatic rings. The molecule has 0 saturated carbocycles. The number of hydrogen-bond donors (Lipinski definition) is 2. The Labute approximate surface area is 111 Å². The Morgan fingerprint density at radius 1 is 1.61 bits per heavy atom. The molecule has 2 atom stereocenters. The van der Waals surface area contributed by atoms with Gasteiger partial charge in [-0.05, 0) is 24.1 Å². The van der Waals surface area contributed by atoms with Crippen molar-refractivity contribution in [2.75, 3.05) is 0 Å². The number of aliphatic carboxylic acids is 1. The lowest BCUT2D eigenvalue weighted by Gasteiger charge is -2.34. The third kappa shape index (κ3) is 3.00. The van der Waals surface area contributed by atoms with Gasteiger partial charge in [-0.2, -0.15) is 0 Å². The van der Waals surface area contributed by atoms with Crippen LogP contribution in [0.1, 0.15) is 32.3 Å². The lowest BCUT2D eigenvalue weighted by Crippen LogP contribution is -2.44. The maximum absolute atomic E-state index is 13.2. The van der Waals surface area contributed by atoms with Crippen molar-refractivity contribution < 1.29 is 14.3 Å². The lowest BCUT2D eigenvalue weighted by molar-refractivity contribution is -0.138. The molecule has 0 heterocycles. The molecule has 1 aromatic rings. The molecule has 0 aliphatic carbocycles. The molecule has 0 radical (unpaired) electrons. The van der Waals surface area contributed by atoms with E-state index in [-0.39, 0.29) is 17.5 Å². The van der Waals surface area contributed by atoms with Crippen LogP contribution in [-0.4, -0.2) is 17.1 Å². The molecule has 0 bridgehead atoms. The van der Waals surface area contributed by atoms with Crippen molar-refractivity contribution in [1.29, 1.82) is 0 Å². The number of benzene rings is 1. The summed E-state index contributed by atoms with van der Waals surface area (Å²) in [6, 6.07) is 3.89. The molecule has 0 amide bonds. The van der Waals surface area contributed by atoms with Gasteiger partial charge in [0.25, 0.3) is 0 Å². The molecule has 0 aliphatic heterocycles. The first kappa shape index (κ1) is 14.9. The van der Waals surface area contributed by atoms with Gasteiger partial charge in [0.2, 0.25) is 0 Å². The van der Waals surface area contributed by atoms with E-state index in [0.717, 1.165) is 0 Å². The predicted molar refractivity (Wildman–Crippen MR) is 69.3 cm³/mol. The van der Waals surface area contributed by atoms with Gasteiger partial charge in [-0.1, -0.05) is 31.5 Å². The summed E-state index contributed by atoms with van der Waals surface area (Å²) in [6.45, 7) is 3.65. The van der Waals surface area contributed by atoms with E-state index in [1.54, 1.807) is 13.0 Å². The fraction of sp³-hybridized carbons (Fsp3) is 0.462. The minimum Gasteiger partial charge on any atom is -0.481 e. The van der Waals surface area contributed by atoms with Crippen LogP contribution in [0.25, 0.3) is 0 Å². The highest BCUT2D eigenvalue weighted by Crippen LogP contribution is 2.34. The molecule has 1 rings (SSSR count). The highest BCUT2D eigenvalue weighted by atomic mass is 35.5. The zero-order valence-electron chi connectivity index (χ0n) is 10.4. The molecule has 3 N–H and O–H groups in total. The molecule has 2 unspecified atom stereocenters. The van der Waals surface area contributed by atoms with Gasteiger partial charge in [0.1, 0.15) is 5.82 Å². The number of carbonyl (C=O) groups is 1. The summed E-state index contributed by atoms with van der Waals surface area (Å²) in [5, 5.41) is 9.00. The van der Waals surface area contributed by atoms with Gasteiger partial charge in [0.05, 0.1) is 11.4 Å². The minimum absolute atomic E-state index is 0.0209. The molecule has 0 fully saturated rings. The zero-order valence-corrected chi connectivity index (χ0v) is 11.2. The monoisotopic (exact) mass is 273 g/mol. The van der Waals surface area contributed by atoms with Gasteiger partial charge in [-0.15, -0.1) is 0 Å². The Balaban J connectivity index is 3.24. The van der Waals surface area contributed by atoms with Gasteiger partial charge in [-0.25, -0.2) is 4.39 Å². The number of carboxylic acids is 1. The Hall–Kier alpha value is -1.13. The lowest BCUT2D eigenvalue weighted by atomic mass is 9.73. The van der Waals surface area contributed by atoms with Gasteiger partial charge in [0, 0.05) is 11.5 Å². The van der Waals surface area contributed by atoms with Gasteiger partial charge < -0.3 is 10.8 Å². The smallest absolute Gasteiger partial charge is 0.304 e. The average molecular weight is 274 g/mol. The number of rotatable bonds is 5. The van der Waals surface area contributed by atoms with E-state index in [9.17, 15) is 9.18 Å². The largest absolute Gasteiger partial charge is 0.481 e. The second-order valence-corrected chi connectivity index (χ2v) is 5.04. The Morgan fingerprint density at radius 2 is 2.22 bits per heavy atom. The fourth-order valence-corrected chi connectivity index (χ4v) is 2.24. The summed E-state index contributed by atoms with van der Waals surface area (Å²) >= 11 is 5.74. The number of nitrogens with two attached hydrogens (primary N) is 1. The van der Waals surface area contributed by atoms with E-state index in [1.807, 2.05) is 6.92 Å². The quantitative estimate of drug-likeness (QED) is 0.867. The standard InChI is InChI=1S/C13H17ClFNO2/c1-3-11(16)13(2,7-12(17)18)8-4-5-10(15)9(14)6-8/h4-6,11H,3,7,16H2,1-2H3,(H,17,18). The van der Waals surface area contributed by atoms with E-state index in [1.165, 1.54) is 12.1 Å². The summed E-state index contributed by atoms with van der Waals surface area (Å²) in [7, 11) is 0. The van der Waals surface area contributed by atoms with Crippen LogP contribution in [0.2, 0.25) is 5.02 Å². The first-order valence-electron chi connectivity index (χ1n) is 5.74. The number of hydrogen-bond acceptors (Lipinski definition) is 2. The van der Waals surface area contributed by atoms with Crippen molar-refractivity contribution in [2.45, 2.75) is 38.1 Å². The van der Waals surface area contributed by atoms with Crippen LogP contribution < -0.4 is 5.73 Å². The topological polar surface area (TPSA) is 63.3 Å². The van der Waals surface area contributed by atoms with Crippen LogP contribution in [0.5, 0.6) is 0 Å². The van der Waals surface area contributed by atoms with Gasteiger partial charge >= 0.3 is 5.97 Å². The van der Waals surface area contributed by atoms with E-state index < -0.39 is 17.2 Å². The molecule has 0 spiro atoms. The third-order valence-corrected chi connectivity index (χ3v) is 3.65. The van der Waals surface area contributed by atoms with Crippen LogP contribution >= 0.6 is 11.6 Å². The SMILES string of the molecule is CCC(N)C(C)(CC(=O)O)c1ccc(F)c(Cl)c1. The molecular weight excluding hydrogens is 257 g/mol. The highest BCUT2D eigenvalue weighted by molar-refractivity contribution is 6.30. The van der Waals surface area contributed by atoms with Crippen LogP contribution in [0.3, 0.4) is 0 Å². The van der Waals surface area contributed by atoms with Crippen molar-refractivity contribution >= 4 is 17.6 Å². The third-order valence-electron chi connectivity index (χ3n) is 3.36. The van der Waals surface area contributed by atoms with Crippen molar-refractivity contribution in [2.24, 2.45) is 5.73 Å². The minimum atomic E-state index is -0.943. The van der Waals surface area contributed by atoms with Gasteiger partial charge in [-0.3, -0.25) is 4.79 Å². The maximum Gasteiger partial charge on any atom is 0.304 e. The molecule has 1 aromatic carbocycles. The Kier molecular flexibility index (Phi) is 4.71. The van der Waals surface area contributed by atoms with E-state index >= 15 is 0 Å². The summed E-state index contributed by atoms with van der Waals surface area (Å²) < 4.78 is 13.2. The van der Waals surface area contributed by atoms with Crippen LogP contribution in [-0.2, 0) is 10.2 Å². The zero-order chi connectivity index (χ0) is 13.9. The molecule has 100 valence electrons. The Morgan fingerprint density at radius 3 is 2.67 bits per heavy atom. The summed E-state index contributed by atoms with van der Waals surface area (Å²) in [5.41, 5.74) is 5.90. The van der Waals surface area contributed by atoms with Crippen LogP contribution in [0, 0.1) is 5.82 Å². The molecule has 3 nitrogen and oxygen atoms in total. The molecule has 0 saturated heterocycles. The summed E-state index contributed by atoms with van der Waals surface area (Å²) in [6.07, 6.45) is 0.503. The van der Waals surface area contributed by atoms with Crippen molar-refractivity contribution in [3.05, 3.63) is 34.6 Å². The highest BCUT2D eigenvalue weighted by Gasteiger charge is 2.35. The van der Waals surface area contributed by atoms with Gasteiger partial charge in [0.15, 0.2) is 0 Å². The molecule has 5 heteroatoms. The summed E-state index contributed by atoms with van der Waals surface area (Å²) in [4.78, 5) is 11.0. The fourth-order valence-electron chi connectivity index (χ4n) is 2.06. The normalized spacial score (nSPS) is 16.1. The first-order valence-corrected chi connectivity index (χ1v) is 6.12. The second kappa shape index (κ2) is 5.67. The predicted octanol–water partition coefficient (Wildman–Crippen LogP) is 2.95. The first-order chi connectivity index (χ1) is 8.31. The average Bonchev–Trinajstić information content (AvgIpc) is 2.30. The van der Waals surface area contributed by atoms with Crippen molar-refractivity contribution in [3.63, 3.8) is 0 Å². The second-order valence-electron chi connectivity index (χ2n) is 4.63. The van der Waals surface area contributed by atoms with E-state index in [2.05, 4.69) is 0 Å².